The molecule has 0 spiro atoms. The Morgan fingerprint density at radius 1 is 1.26 bits per heavy atom. The van der Waals surface area contributed by atoms with E-state index in [0.29, 0.717) is 24.5 Å². The Hall–Kier alpha value is -3.16. The quantitative estimate of drug-likeness (QED) is 0.670. The Balaban J connectivity index is 1.83. The van der Waals surface area contributed by atoms with Gasteiger partial charge in [-0.1, -0.05) is 6.07 Å². The lowest BCUT2D eigenvalue weighted by molar-refractivity contribution is -0.385. The summed E-state index contributed by atoms with van der Waals surface area (Å²) < 4.78 is 13.9. The van der Waals surface area contributed by atoms with Crippen LogP contribution >= 0.6 is 0 Å². The first-order valence-electron chi connectivity index (χ1n) is 6.91. The number of anilines is 3. The molecule has 2 N–H and O–H groups in total. The highest BCUT2D eigenvalue weighted by Gasteiger charge is 2.21. The number of carbonyl (C=O) groups is 1. The van der Waals surface area contributed by atoms with Crippen LogP contribution in [0.1, 0.15) is 0 Å². The molecule has 1 aliphatic heterocycles. The fourth-order valence-electron chi connectivity index (χ4n) is 2.34. The first kappa shape index (κ1) is 14.8. The average Bonchev–Trinajstić information content (AvgIpc) is 2.95. The molecule has 0 aromatic heterocycles. The van der Waals surface area contributed by atoms with Gasteiger partial charge in [0.05, 0.1) is 16.7 Å². The van der Waals surface area contributed by atoms with Gasteiger partial charge in [0.15, 0.2) is 5.82 Å². The van der Waals surface area contributed by atoms with Crippen molar-refractivity contribution in [2.24, 2.45) is 0 Å². The number of benzene rings is 2. The third-order valence-electron chi connectivity index (χ3n) is 3.46. The number of hydrogen-bond donors (Lipinski definition) is 2. The molecule has 8 heteroatoms. The monoisotopic (exact) mass is 316 g/mol. The minimum Gasteiger partial charge on any atom is -0.353 e. The normalized spacial score (nSPS) is 13.8. The standard InChI is InChI=1S/C15H13FN4O3/c16-13-9-12(20(22)23)4-5-14(13)18-10-2-1-3-11(8-10)19-7-6-17-15(19)21/h1-5,8-9,18H,6-7H2,(H,17,21). The summed E-state index contributed by atoms with van der Waals surface area (Å²) in [5.41, 5.74) is 1.08. The first-order chi connectivity index (χ1) is 11.0. The van der Waals surface area contributed by atoms with Gasteiger partial charge in [-0.2, -0.15) is 0 Å². The molecule has 0 unspecified atom stereocenters. The molecule has 23 heavy (non-hydrogen) atoms. The van der Waals surface area contributed by atoms with E-state index >= 15 is 0 Å². The molecule has 118 valence electrons. The van der Waals surface area contributed by atoms with Crippen LogP contribution < -0.4 is 15.5 Å². The molecule has 1 saturated heterocycles. The summed E-state index contributed by atoms with van der Waals surface area (Å²) in [6.45, 7) is 1.14. The number of halogens is 1. The van der Waals surface area contributed by atoms with Crippen molar-refractivity contribution in [3.63, 3.8) is 0 Å². The Morgan fingerprint density at radius 3 is 2.74 bits per heavy atom. The Labute approximate surface area is 130 Å². The van der Waals surface area contributed by atoms with Gasteiger partial charge in [-0.05, 0) is 24.3 Å². The number of hydrogen-bond acceptors (Lipinski definition) is 4. The van der Waals surface area contributed by atoms with E-state index in [0.717, 1.165) is 6.07 Å². The molecule has 7 nitrogen and oxygen atoms in total. The van der Waals surface area contributed by atoms with Crippen molar-refractivity contribution in [3.05, 3.63) is 58.4 Å². The van der Waals surface area contributed by atoms with Gasteiger partial charge in [0.1, 0.15) is 0 Å². The van der Waals surface area contributed by atoms with E-state index in [1.54, 1.807) is 29.2 Å². The van der Waals surface area contributed by atoms with Crippen molar-refractivity contribution in [1.82, 2.24) is 5.32 Å². The van der Waals surface area contributed by atoms with Gasteiger partial charge in [0.25, 0.3) is 5.69 Å². The van der Waals surface area contributed by atoms with Gasteiger partial charge in [0, 0.05) is 30.5 Å². The topological polar surface area (TPSA) is 87.5 Å². The maximum absolute atomic E-state index is 13.9. The van der Waals surface area contributed by atoms with Crippen LogP contribution in [0, 0.1) is 15.9 Å². The molecule has 0 saturated carbocycles. The second-order valence-corrected chi connectivity index (χ2v) is 4.98. The second kappa shape index (κ2) is 5.91. The zero-order chi connectivity index (χ0) is 16.4. The SMILES string of the molecule is O=C1NCCN1c1cccc(Nc2ccc([N+](=O)[O-])cc2F)c1. The molecule has 1 heterocycles. The van der Waals surface area contributed by atoms with E-state index in [9.17, 15) is 19.3 Å². The summed E-state index contributed by atoms with van der Waals surface area (Å²) in [4.78, 5) is 23.2. The number of rotatable bonds is 4. The third kappa shape index (κ3) is 3.05. The number of amides is 2. The van der Waals surface area contributed by atoms with Crippen LogP contribution in [-0.4, -0.2) is 24.0 Å². The number of nitrogens with zero attached hydrogens (tertiary/aromatic N) is 2. The number of nitrogens with one attached hydrogen (secondary N) is 2. The van der Waals surface area contributed by atoms with Crippen LogP contribution in [0.25, 0.3) is 0 Å². The Kier molecular flexibility index (Phi) is 3.80. The van der Waals surface area contributed by atoms with E-state index in [2.05, 4.69) is 10.6 Å². The number of nitro benzene ring substituents is 1. The molecule has 0 bridgehead atoms. The fourth-order valence-corrected chi connectivity index (χ4v) is 2.34. The van der Waals surface area contributed by atoms with E-state index in [1.807, 2.05) is 0 Å². The van der Waals surface area contributed by atoms with Gasteiger partial charge >= 0.3 is 6.03 Å². The molecule has 2 aromatic carbocycles. The second-order valence-electron chi connectivity index (χ2n) is 4.98. The zero-order valence-corrected chi connectivity index (χ0v) is 12.0. The molecule has 0 atom stereocenters. The number of nitro groups is 1. The van der Waals surface area contributed by atoms with Crippen molar-refractivity contribution < 1.29 is 14.1 Å². The molecule has 2 aromatic rings. The van der Waals surface area contributed by atoms with E-state index in [-0.39, 0.29) is 17.4 Å². The summed E-state index contributed by atoms with van der Waals surface area (Å²) in [6.07, 6.45) is 0. The first-order valence-corrected chi connectivity index (χ1v) is 6.91. The molecular weight excluding hydrogens is 303 g/mol. The van der Waals surface area contributed by atoms with Gasteiger partial charge in [0.2, 0.25) is 0 Å². The van der Waals surface area contributed by atoms with Crippen molar-refractivity contribution in [3.8, 4) is 0 Å². The summed E-state index contributed by atoms with van der Waals surface area (Å²) in [6, 6.07) is 10.2. The summed E-state index contributed by atoms with van der Waals surface area (Å²) in [5.74, 6) is -0.719. The van der Waals surface area contributed by atoms with E-state index < -0.39 is 10.7 Å². The molecule has 1 aliphatic rings. The summed E-state index contributed by atoms with van der Waals surface area (Å²) in [7, 11) is 0. The number of carbonyl (C=O) groups excluding carboxylic acids is 1. The highest BCUT2D eigenvalue weighted by atomic mass is 19.1. The van der Waals surface area contributed by atoms with Gasteiger partial charge < -0.3 is 10.6 Å². The number of urea groups is 1. The minimum absolute atomic E-state index is 0.124. The van der Waals surface area contributed by atoms with E-state index in [1.165, 1.54) is 12.1 Å². The maximum Gasteiger partial charge on any atom is 0.321 e. The third-order valence-corrected chi connectivity index (χ3v) is 3.46. The smallest absolute Gasteiger partial charge is 0.321 e. The lowest BCUT2D eigenvalue weighted by Crippen LogP contribution is -2.27. The molecule has 0 aliphatic carbocycles. The van der Waals surface area contributed by atoms with Crippen LogP contribution in [0.3, 0.4) is 0 Å². The molecule has 3 rings (SSSR count). The highest BCUT2D eigenvalue weighted by Crippen LogP contribution is 2.27. The predicted molar refractivity (Wildman–Crippen MR) is 83.5 cm³/mol. The van der Waals surface area contributed by atoms with E-state index in [4.69, 9.17) is 0 Å². The van der Waals surface area contributed by atoms with Crippen molar-refractivity contribution in [1.29, 1.82) is 0 Å². The zero-order valence-electron chi connectivity index (χ0n) is 12.0. The summed E-state index contributed by atoms with van der Waals surface area (Å²) >= 11 is 0. The van der Waals surface area contributed by atoms with Crippen LogP contribution in [-0.2, 0) is 0 Å². The van der Waals surface area contributed by atoms with Crippen molar-refractivity contribution in [2.75, 3.05) is 23.3 Å². The lowest BCUT2D eigenvalue weighted by Gasteiger charge is -2.16. The maximum atomic E-state index is 13.9. The largest absolute Gasteiger partial charge is 0.353 e. The van der Waals surface area contributed by atoms with Crippen LogP contribution in [0.2, 0.25) is 0 Å². The van der Waals surface area contributed by atoms with Gasteiger partial charge in [-0.3, -0.25) is 15.0 Å². The molecule has 2 amide bonds. The summed E-state index contributed by atoms with van der Waals surface area (Å²) in [5, 5.41) is 16.2. The van der Waals surface area contributed by atoms with Crippen molar-refractivity contribution >= 4 is 28.8 Å². The van der Waals surface area contributed by atoms with Crippen LogP contribution in [0.5, 0.6) is 0 Å². The van der Waals surface area contributed by atoms with Crippen LogP contribution in [0.15, 0.2) is 42.5 Å². The minimum atomic E-state index is -0.719. The lowest BCUT2D eigenvalue weighted by atomic mass is 10.2. The van der Waals surface area contributed by atoms with Crippen molar-refractivity contribution in [2.45, 2.75) is 0 Å². The van der Waals surface area contributed by atoms with Gasteiger partial charge in [-0.25, -0.2) is 9.18 Å². The Morgan fingerprint density at radius 2 is 2.09 bits per heavy atom. The number of non-ortho nitro benzene ring substituents is 1. The van der Waals surface area contributed by atoms with Gasteiger partial charge in [-0.15, -0.1) is 0 Å². The fraction of sp³-hybridized carbons (Fsp3) is 0.133. The molecule has 1 fully saturated rings. The average molecular weight is 316 g/mol. The molecular formula is C15H13FN4O3. The Bertz CT molecular complexity index is 781. The van der Waals surface area contributed by atoms with Crippen LogP contribution in [0.4, 0.5) is 31.9 Å². The predicted octanol–water partition coefficient (Wildman–Crippen LogP) is 3.01. The highest BCUT2D eigenvalue weighted by molar-refractivity contribution is 5.94. The molecule has 0 radical (unpaired) electrons.